The Kier molecular flexibility index (Phi) is 6.54. The van der Waals surface area contributed by atoms with E-state index in [9.17, 15) is 9.59 Å². The SMILES string of the molecule is O=C(CSc1nccn1-c1cccc(C(=O)NCc2ccco2)c1)c1ccc(Cl)cc1. The number of hydrogen-bond donors (Lipinski definition) is 1. The largest absolute Gasteiger partial charge is 0.467 e. The maximum absolute atomic E-state index is 12.5. The van der Waals surface area contributed by atoms with Crippen LogP contribution in [-0.2, 0) is 6.54 Å². The molecule has 4 aromatic rings. The smallest absolute Gasteiger partial charge is 0.251 e. The molecule has 0 spiro atoms. The molecule has 2 heterocycles. The second kappa shape index (κ2) is 9.68. The summed E-state index contributed by atoms with van der Waals surface area (Å²) in [5.74, 6) is 0.707. The highest BCUT2D eigenvalue weighted by molar-refractivity contribution is 7.99. The van der Waals surface area contributed by atoms with Crippen molar-refractivity contribution in [1.29, 1.82) is 0 Å². The lowest BCUT2D eigenvalue weighted by Gasteiger charge is -2.10. The zero-order chi connectivity index (χ0) is 21.6. The van der Waals surface area contributed by atoms with Gasteiger partial charge in [0, 0.05) is 34.2 Å². The number of rotatable bonds is 8. The second-order valence-electron chi connectivity index (χ2n) is 6.61. The highest BCUT2D eigenvalue weighted by Gasteiger charge is 2.13. The van der Waals surface area contributed by atoms with Gasteiger partial charge in [-0.05, 0) is 54.6 Å². The number of nitrogens with zero attached hydrogens (tertiary/aromatic N) is 2. The Bertz CT molecular complexity index is 1190. The number of aromatic nitrogens is 2. The van der Waals surface area contributed by atoms with Crippen LogP contribution in [0.5, 0.6) is 0 Å². The average molecular weight is 452 g/mol. The van der Waals surface area contributed by atoms with Gasteiger partial charge in [-0.25, -0.2) is 4.98 Å². The maximum Gasteiger partial charge on any atom is 0.251 e. The van der Waals surface area contributed by atoms with E-state index in [0.717, 1.165) is 5.69 Å². The minimum absolute atomic E-state index is 0.0118. The molecule has 0 aliphatic heterocycles. The standard InChI is InChI=1S/C23H18ClN3O3S/c24-18-8-6-16(7-9-18)21(28)15-31-23-25-10-11-27(23)19-4-1-3-17(13-19)22(29)26-14-20-5-2-12-30-20/h1-13H,14-15H2,(H,26,29). The molecular formula is C23H18ClN3O3S. The molecule has 156 valence electrons. The van der Waals surface area contributed by atoms with Crippen molar-refractivity contribution in [1.82, 2.24) is 14.9 Å². The highest BCUT2D eigenvalue weighted by Crippen LogP contribution is 2.22. The Hall–Kier alpha value is -3.29. The molecule has 0 saturated heterocycles. The van der Waals surface area contributed by atoms with Crippen molar-refractivity contribution in [2.45, 2.75) is 11.7 Å². The Morgan fingerprint density at radius 1 is 1.06 bits per heavy atom. The lowest BCUT2D eigenvalue weighted by molar-refractivity contribution is 0.0947. The molecule has 2 aromatic carbocycles. The summed E-state index contributed by atoms with van der Waals surface area (Å²) in [7, 11) is 0. The summed E-state index contributed by atoms with van der Waals surface area (Å²) in [6.45, 7) is 0.315. The Morgan fingerprint density at radius 2 is 1.90 bits per heavy atom. The zero-order valence-corrected chi connectivity index (χ0v) is 17.9. The van der Waals surface area contributed by atoms with E-state index in [0.29, 0.717) is 33.6 Å². The number of furan rings is 1. The normalized spacial score (nSPS) is 10.7. The molecule has 1 amide bonds. The number of halogens is 1. The number of benzene rings is 2. The van der Waals surface area contributed by atoms with Crippen LogP contribution in [0.4, 0.5) is 0 Å². The molecule has 1 N–H and O–H groups in total. The molecule has 0 radical (unpaired) electrons. The second-order valence-corrected chi connectivity index (χ2v) is 7.99. The van der Waals surface area contributed by atoms with Crippen molar-refractivity contribution in [2.75, 3.05) is 5.75 Å². The van der Waals surface area contributed by atoms with Crippen LogP contribution in [0.2, 0.25) is 5.02 Å². The van der Waals surface area contributed by atoms with Crippen LogP contribution < -0.4 is 5.32 Å². The summed E-state index contributed by atoms with van der Waals surface area (Å²) in [5, 5.41) is 4.09. The van der Waals surface area contributed by atoms with Crippen molar-refractivity contribution >= 4 is 35.1 Å². The summed E-state index contributed by atoms with van der Waals surface area (Å²) in [5.41, 5.74) is 1.90. The molecule has 6 nitrogen and oxygen atoms in total. The van der Waals surface area contributed by atoms with E-state index in [1.807, 2.05) is 16.7 Å². The first-order chi connectivity index (χ1) is 15.1. The van der Waals surface area contributed by atoms with Crippen LogP contribution in [0, 0.1) is 0 Å². The number of hydrogen-bond acceptors (Lipinski definition) is 5. The average Bonchev–Trinajstić information content (AvgIpc) is 3.48. The van der Waals surface area contributed by atoms with E-state index < -0.39 is 0 Å². The van der Waals surface area contributed by atoms with Gasteiger partial charge in [0.15, 0.2) is 10.9 Å². The van der Waals surface area contributed by atoms with Crippen LogP contribution in [0.1, 0.15) is 26.5 Å². The van der Waals surface area contributed by atoms with Gasteiger partial charge in [0.05, 0.1) is 18.6 Å². The van der Waals surface area contributed by atoms with Crippen LogP contribution in [0.3, 0.4) is 0 Å². The predicted octanol–water partition coefficient (Wildman–Crippen LogP) is 5.02. The summed E-state index contributed by atoms with van der Waals surface area (Å²) >= 11 is 7.22. The fourth-order valence-electron chi connectivity index (χ4n) is 2.92. The van der Waals surface area contributed by atoms with Gasteiger partial charge in [0.25, 0.3) is 5.91 Å². The number of carbonyl (C=O) groups is 2. The van der Waals surface area contributed by atoms with E-state index in [4.69, 9.17) is 16.0 Å². The van der Waals surface area contributed by atoms with E-state index >= 15 is 0 Å². The molecule has 0 atom stereocenters. The quantitative estimate of drug-likeness (QED) is 0.300. The van der Waals surface area contributed by atoms with Gasteiger partial charge < -0.3 is 9.73 Å². The van der Waals surface area contributed by atoms with Gasteiger partial charge in [0.1, 0.15) is 5.76 Å². The number of Topliss-reactive ketones (excluding diaryl/α,β-unsaturated/α-hetero) is 1. The third-order valence-corrected chi connectivity index (χ3v) is 5.71. The van der Waals surface area contributed by atoms with Gasteiger partial charge in [0.2, 0.25) is 0 Å². The van der Waals surface area contributed by atoms with Crippen molar-refractivity contribution in [3.8, 4) is 5.69 Å². The fourth-order valence-corrected chi connectivity index (χ4v) is 3.92. The van der Waals surface area contributed by atoms with Crippen LogP contribution >= 0.6 is 23.4 Å². The molecular weight excluding hydrogens is 434 g/mol. The number of imidazole rings is 1. The van der Waals surface area contributed by atoms with Crippen molar-refractivity contribution in [3.05, 3.63) is 101 Å². The van der Waals surface area contributed by atoms with Crippen molar-refractivity contribution in [3.63, 3.8) is 0 Å². The number of thioether (sulfide) groups is 1. The van der Waals surface area contributed by atoms with Crippen LogP contribution in [0.15, 0.2) is 88.9 Å². The molecule has 0 unspecified atom stereocenters. The number of ketones is 1. The molecule has 8 heteroatoms. The first kappa shape index (κ1) is 21.0. The van der Waals surface area contributed by atoms with Crippen molar-refractivity contribution < 1.29 is 14.0 Å². The molecule has 2 aromatic heterocycles. The van der Waals surface area contributed by atoms with E-state index in [-0.39, 0.29) is 17.4 Å². The van der Waals surface area contributed by atoms with Gasteiger partial charge >= 0.3 is 0 Å². The Labute approximate surface area is 188 Å². The van der Waals surface area contributed by atoms with E-state index in [1.54, 1.807) is 67.2 Å². The topological polar surface area (TPSA) is 77.1 Å². The minimum Gasteiger partial charge on any atom is -0.467 e. The molecule has 31 heavy (non-hydrogen) atoms. The first-order valence-electron chi connectivity index (χ1n) is 9.46. The highest BCUT2D eigenvalue weighted by atomic mass is 35.5. The minimum atomic E-state index is -0.203. The Morgan fingerprint density at radius 3 is 2.68 bits per heavy atom. The number of amides is 1. The monoisotopic (exact) mass is 451 g/mol. The van der Waals surface area contributed by atoms with Gasteiger partial charge in [-0.15, -0.1) is 0 Å². The predicted molar refractivity (Wildman–Crippen MR) is 120 cm³/mol. The van der Waals surface area contributed by atoms with Crippen LogP contribution in [-0.4, -0.2) is 27.0 Å². The lowest BCUT2D eigenvalue weighted by atomic mass is 10.1. The van der Waals surface area contributed by atoms with Gasteiger partial charge in [-0.3, -0.25) is 14.2 Å². The maximum atomic E-state index is 12.5. The lowest BCUT2D eigenvalue weighted by Crippen LogP contribution is -2.22. The molecule has 4 rings (SSSR count). The third kappa shape index (κ3) is 5.25. The Balaban J connectivity index is 1.44. The number of carbonyl (C=O) groups excluding carboxylic acids is 2. The van der Waals surface area contributed by atoms with Crippen LogP contribution in [0.25, 0.3) is 5.69 Å². The number of nitrogens with one attached hydrogen (secondary N) is 1. The zero-order valence-electron chi connectivity index (χ0n) is 16.3. The van der Waals surface area contributed by atoms with Gasteiger partial charge in [-0.2, -0.15) is 0 Å². The molecule has 0 aliphatic carbocycles. The van der Waals surface area contributed by atoms with E-state index in [1.165, 1.54) is 11.8 Å². The third-order valence-electron chi connectivity index (χ3n) is 4.50. The summed E-state index contributed by atoms with van der Waals surface area (Å²) in [6, 6.07) is 17.6. The molecule has 0 saturated carbocycles. The summed E-state index contributed by atoms with van der Waals surface area (Å²) < 4.78 is 7.09. The fraction of sp³-hybridized carbons (Fsp3) is 0.0870. The van der Waals surface area contributed by atoms with Crippen molar-refractivity contribution in [2.24, 2.45) is 0 Å². The summed E-state index contributed by atoms with van der Waals surface area (Å²) in [4.78, 5) is 29.3. The summed E-state index contributed by atoms with van der Waals surface area (Å²) in [6.07, 6.45) is 5.03. The molecule has 0 bridgehead atoms. The molecule has 0 aliphatic rings. The van der Waals surface area contributed by atoms with E-state index in [2.05, 4.69) is 10.3 Å². The first-order valence-corrected chi connectivity index (χ1v) is 10.8. The van der Waals surface area contributed by atoms with Gasteiger partial charge in [-0.1, -0.05) is 29.4 Å². The molecule has 0 fully saturated rings.